The zero-order chi connectivity index (χ0) is 9.84. The molecule has 1 unspecified atom stereocenters. The van der Waals surface area contributed by atoms with Gasteiger partial charge < -0.3 is 5.73 Å². The molecule has 0 spiro atoms. The maximum absolute atomic E-state index is 10.9. The SMILES string of the molecule is CC(C(N)=O)[C@@H](C)c1cccnc1. The number of hydrogen-bond donors (Lipinski definition) is 1. The molecule has 2 atom stereocenters. The zero-order valence-corrected chi connectivity index (χ0v) is 7.90. The summed E-state index contributed by atoms with van der Waals surface area (Å²) in [5.41, 5.74) is 6.26. The van der Waals surface area contributed by atoms with Gasteiger partial charge in [-0.3, -0.25) is 9.78 Å². The lowest BCUT2D eigenvalue weighted by atomic mass is 9.89. The lowest BCUT2D eigenvalue weighted by Gasteiger charge is -2.16. The normalized spacial score (nSPS) is 14.9. The number of aromatic nitrogens is 1. The highest BCUT2D eigenvalue weighted by Gasteiger charge is 2.18. The Morgan fingerprint density at radius 2 is 2.23 bits per heavy atom. The van der Waals surface area contributed by atoms with E-state index in [9.17, 15) is 4.79 Å². The summed E-state index contributed by atoms with van der Waals surface area (Å²) in [6.45, 7) is 3.81. The molecule has 0 fully saturated rings. The monoisotopic (exact) mass is 178 g/mol. The van der Waals surface area contributed by atoms with Crippen molar-refractivity contribution in [2.75, 3.05) is 0 Å². The molecule has 70 valence electrons. The Bertz CT molecular complexity index is 284. The molecule has 0 bridgehead atoms. The van der Waals surface area contributed by atoms with Crippen LogP contribution in [-0.4, -0.2) is 10.9 Å². The van der Waals surface area contributed by atoms with Crippen molar-refractivity contribution >= 4 is 5.91 Å². The predicted molar refractivity (Wildman–Crippen MR) is 51.0 cm³/mol. The molecule has 0 aliphatic heterocycles. The molecule has 1 rings (SSSR count). The third-order valence-corrected chi connectivity index (χ3v) is 2.41. The van der Waals surface area contributed by atoms with Gasteiger partial charge in [-0.05, 0) is 17.5 Å². The Labute approximate surface area is 78.0 Å². The number of carbonyl (C=O) groups is 1. The minimum Gasteiger partial charge on any atom is -0.369 e. The Hall–Kier alpha value is -1.38. The van der Waals surface area contributed by atoms with Crippen LogP contribution in [0.4, 0.5) is 0 Å². The summed E-state index contributed by atoms with van der Waals surface area (Å²) in [4.78, 5) is 14.9. The number of primary amides is 1. The first-order valence-corrected chi connectivity index (χ1v) is 4.32. The van der Waals surface area contributed by atoms with E-state index in [0.717, 1.165) is 5.56 Å². The first-order valence-electron chi connectivity index (χ1n) is 4.32. The fourth-order valence-electron chi connectivity index (χ4n) is 1.18. The average Bonchev–Trinajstić information content (AvgIpc) is 2.17. The van der Waals surface area contributed by atoms with Gasteiger partial charge in [0.1, 0.15) is 0 Å². The molecule has 1 amide bonds. The standard InChI is InChI=1S/C10H14N2O/c1-7(8(2)10(11)13)9-4-3-5-12-6-9/h3-8H,1-2H3,(H2,11,13)/t7-,8?/m1/s1. The number of pyridine rings is 1. The Morgan fingerprint density at radius 1 is 1.54 bits per heavy atom. The maximum Gasteiger partial charge on any atom is 0.220 e. The number of carbonyl (C=O) groups excluding carboxylic acids is 1. The molecule has 2 N–H and O–H groups in total. The molecule has 0 saturated heterocycles. The summed E-state index contributed by atoms with van der Waals surface area (Å²) >= 11 is 0. The van der Waals surface area contributed by atoms with Gasteiger partial charge in [-0.25, -0.2) is 0 Å². The topological polar surface area (TPSA) is 56.0 Å². The van der Waals surface area contributed by atoms with Crippen molar-refractivity contribution in [3.63, 3.8) is 0 Å². The van der Waals surface area contributed by atoms with Gasteiger partial charge in [0.05, 0.1) is 0 Å². The summed E-state index contributed by atoms with van der Waals surface area (Å²) in [6.07, 6.45) is 3.48. The second-order valence-electron chi connectivity index (χ2n) is 3.27. The van der Waals surface area contributed by atoms with Crippen LogP contribution in [0.25, 0.3) is 0 Å². The van der Waals surface area contributed by atoms with Gasteiger partial charge >= 0.3 is 0 Å². The van der Waals surface area contributed by atoms with E-state index in [1.165, 1.54) is 0 Å². The molecule has 1 heterocycles. The summed E-state index contributed by atoms with van der Waals surface area (Å²) in [6, 6.07) is 3.82. The van der Waals surface area contributed by atoms with Gasteiger partial charge in [0, 0.05) is 18.3 Å². The van der Waals surface area contributed by atoms with E-state index < -0.39 is 0 Å². The largest absolute Gasteiger partial charge is 0.369 e. The highest BCUT2D eigenvalue weighted by molar-refractivity contribution is 5.77. The molecule has 3 heteroatoms. The fraction of sp³-hybridized carbons (Fsp3) is 0.400. The van der Waals surface area contributed by atoms with E-state index in [4.69, 9.17) is 5.73 Å². The second kappa shape index (κ2) is 4.03. The molecule has 0 radical (unpaired) electrons. The van der Waals surface area contributed by atoms with Crippen LogP contribution in [0, 0.1) is 5.92 Å². The number of nitrogens with zero attached hydrogens (tertiary/aromatic N) is 1. The van der Waals surface area contributed by atoms with E-state index in [0.29, 0.717) is 0 Å². The van der Waals surface area contributed by atoms with Crippen molar-refractivity contribution in [2.24, 2.45) is 11.7 Å². The molecule has 1 aromatic rings. The van der Waals surface area contributed by atoms with Crippen molar-refractivity contribution in [2.45, 2.75) is 19.8 Å². The van der Waals surface area contributed by atoms with Crippen LogP contribution in [-0.2, 0) is 4.79 Å². The molecule has 1 aromatic heterocycles. The second-order valence-corrected chi connectivity index (χ2v) is 3.27. The van der Waals surface area contributed by atoms with E-state index in [-0.39, 0.29) is 17.7 Å². The summed E-state index contributed by atoms with van der Waals surface area (Å²) in [5.74, 6) is -0.285. The van der Waals surface area contributed by atoms with E-state index in [1.807, 2.05) is 26.0 Å². The minimum absolute atomic E-state index is 0.131. The number of nitrogens with two attached hydrogens (primary N) is 1. The molecule has 0 aliphatic carbocycles. The third kappa shape index (κ3) is 2.28. The number of rotatable bonds is 3. The summed E-state index contributed by atoms with van der Waals surface area (Å²) in [5, 5.41) is 0. The number of hydrogen-bond acceptors (Lipinski definition) is 2. The van der Waals surface area contributed by atoms with Crippen molar-refractivity contribution < 1.29 is 4.79 Å². The minimum atomic E-state index is -0.267. The van der Waals surface area contributed by atoms with Crippen LogP contribution < -0.4 is 5.73 Å². The van der Waals surface area contributed by atoms with Gasteiger partial charge in [0.2, 0.25) is 5.91 Å². The lowest BCUT2D eigenvalue weighted by Crippen LogP contribution is -2.25. The Morgan fingerprint density at radius 3 is 2.69 bits per heavy atom. The molecule has 0 aliphatic rings. The van der Waals surface area contributed by atoms with Crippen molar-refractivity contribution in [1.82, 2.24) is 4.98 Å². The molecule has 0 saturated carbocycles. The van der Waals surface area contributed by atoms with E-state index in [1.54, 1.807) is 12.4 Å². The Kier molecular flexibility index (Phi) is 3.01. The van der Waals surface area contributed by atoms with Crippen molar-refractivity contribution in [1.29, 1.82) is 0 Å². The fourth-order valence-corrected chi connectivity index (χ4v) is 1.18. The van der Waals surface area contributed by atoms with Gasteiger partial charge in [0.15, 0.2) is 0 Å². The van der Waals surface area contributed by atoms with Crippen LogP contribution >= 0.6 is 0 Å². The first kappa shape index (κ1) is 9.71. The molecule has 13 heavy (non-hydrogen) atoms. The van der Waals surface area contributed by atoms with Crippen LogP contribution in [0.15, 0.2) is 24.5 Å². The summed E-state index contributed by atoms with van der Waals surface area (Å²) < 4.78 is 0. The first-order chi connectivity index (χ1) is 6.13. The van der Waals surface area contributed by atoms with Gasteiger partial charge in [-0.1, -0.05) is 19.9 Å². The third-order valence-electron chi connectivity index (χ3n) is 2.41. The Balaban J connectivity index is 2.79. The predicted octanol–water partition coefficient (Wildman–Crippen LogP) is 1.31. The highest BCUT2D eigenvalue weighted by Crippen LogP contribution is 2.22. The summed E-state index contributed by atoms with van der Waals surface area (Å²) in [7, 11) is 0. The van der Waals surface area contributed by atoms with E-state index >= 15 is 0 Å². The van der Waals surface area contributed by atoms with Crippen molar-refractivity contribution in [3.8, 4) is 0 Å². The average molecular weight is 178 g/mol. The molecule has 0 aromatic carbocycles. The highest BCUT2D eigenvalue weighted by atomic mass is 16.1. The van der Waals surface area contributed by atoms with Crippen LogP contribution in [0.5, 0.6) is 0 Å². The van der Waals surface area contributed by atoms with E-state index in [2.05, 4.69) is 4.98 Å². The quantitative estimate of drug-likeness (QED) is 0.758. The van der Waals surface area contributed by atoms with Crippen LogP contribution in [0.1, 0.15) is 25.3 Å². The molecular weight excluding hydrogens is 164 g/mol. The van der Waals surface area contributed by atoms with Gasteiger partial charge in [0.25, 0.3) is 0 Å². The molecule has 3 nitrogen and oxygen atoms in total. The number of amides is 1. The zero-order valence-electron chi connectivity index (χ0n) is 7.90. The smallest absolute Gasteiger partial charge is 0.220 e. The van der Waals surface area contributed by atoms with Gasteiger partial charge in [-0.15, -0.1) is 0 Å². The van der Waals surface area contributed by atoms with Crippen molar-refractivity contribution in [3.05, 3.63) is 30.1 Å². The van der Waals surface area contributed by atoms with Crippen LogP contribution in [0.2, 0.25) is 0 Å². The van der Waals surface area contributed by atoms with Gasteiger partial charge in [-0.2, -0.15) is 0 Å². The maximum atomic E-state index is 10.9. The molecular formula is C10H14N2O. The lowest BCUT2D eigenvalue weighted by molar-refractivity contribution is -0.121. The van der Waals surface area contributed by atoms with Crippen LogP contribution in [0.3, 0.4) is 0 Å².